The van der Waals surface area contributed by atoms with Gasteiger partial charge in [0.1, 0.15) is 23.0 Å². The zero-order valence-electron chi connectivity index (χ0n) is 30.7. The molecule has 0 saturated carbocycles. The molecule has 0 aliphatic rings. The Hall–Kier alpha value is -4.32. The number of phenols is 4. The Morgan fingerprint density at radius 3 is 1.67 bits per heavy atom. The molecule has 0 spiro atoms. The van der Waals surface area contributed by atoms with Crippen LogP contribution >= 0.6 is 46.4 Å². The molecule has 0 fully saturated rings. The van der Waals surface area contributed by atoms with Crippen molar-refractivity contribution in [2.45, 2.75) is 65.2 Å². The quantitative estimate of drug-likeness (QED) is 0.104. The summed E-state index contributed by atoms with van der Waals surface area (Å²) < 4.78 is 0. The second-order valence-corrected chi connectivity index (χ2v) is 14.3. The minimum atomic E-state index is 0.197. The van der Waals surface area contributed by atoms with Gasteiger partial charge in [-0.05, 0) is 108 Å². The number of aryl methyl sites for hydroxylation is 1. The van der Waals surface area contributed by atoms with Crippen LogP contribution in [-0.2, 0) is 19.3 Å². The van der Waals surface area contributed by atoms with E-state index >= 15 is 0 Å². The van der Waals surface area contributed by atoms with E-state index in [1.807, 2.05) is 79.7 Å². The van der Waals surface area contributed by atoms with Crippen molar-refractivity contribution in [3.05, 3.63) is 187 Å². The fourth-order valence-corrected chi connectivity index (χ4v) is 6.09. The third-order valence-corrected chi connectivity index (χ3v) is 9.78. The zero-order valence-corrected chi connectivity index (χ0v) is 33.7. The number of unbranched alkanes of at least 4 members (excludes halogenated alkanes) is 4. The molecule has 6 aromatic rings. The van der Waals surface area contributed by atoms with Gasteiger partial charge in [-0.15, -0.1) is 0 Å². The molecule has 6 rings (SSSR count). The molecule has 0 aliphatic carbocycles. The molecule has 54 heavy (non-hydrogen) atoms. The van der Waals surface area contributed by atoms with Crippen molar-refractivity contribution < 1.29 is 20.4 Å². The van der Waals surface area contributed by atoms with E-state index in [1.165, 1.54) is 31.2 Å². The second-order valence-electron chi connectivity index (χ2n) is 12.7. The van der Waals surface area contributed by atoms with Crippen molar-refractivity contribution in [2.24, 2.45) is 0 Å². The highest BCUT2D eigenvalue weighted by atomic mass is 35.5. The van der Waals surface area contributed by atoms with E-state index in [2.05, 4.69) is 6.92 Å². The minimum absolute atomic E-state index is 0.197. The lowest BCUT2D eigenvalue weighted by molar-refractivity contribution is 0.468. The molecule has 0 unspecified atom stereocenters. The average molecular weight is 807 g/mol. The summed E-state index contributed by atoms with van der Waals surface area (Å²) in [5, 5.41) is 40.1. The molecular formula is C46H48Cl4O4. The minimum Gasteiger partial charge on any atom is -0.508 e. The number of halogens is 4. The Kier molecular flexibility index (Phi) is 19.7. The Morgan fingerprint density at radius 2 is 1.06 bits per heavy atom. The first-order valence-electron chi connectivity index (χ1n) is 17.9. The number of aromatic hydroxyl groups is 4. The van der Waals surface area contributed by atoms with E-state index in [0.29, 0.717) is 44.4 Å². The van der Waals surface area contributed by atoms with Gasteiger partial charge in [-0.3, -0.25) is 0 Å². The topological polar surface area (TPSA) is 80.9 Å². The summed E-state index contributed by atoms with van der Waals surface area (Å²) in [5.74, 6) is 1.05. The van der Waals surface area contributed by atoms with Gasteiger partial charge < -0.3 is 20.4 Å². The first kappa shape index (κ1) is 44.1. The fraction of sp³-hybridized carbons (Fsp3) is 0.217. The van der Waals surface area contributed by atoms with E-state index < -0.39 is 0 Å². The highest BCUT2D eigenvalue weighted by Gasteiger charge is 2.09. The molecule has 6 aromatic carbocycles. The Balaban J connectivity index is 0.000000198. The lowest BCUT2D eigenvalue weighted by atomic mass is 9.99. The van der Waals surface area contributed by atoms with E-state index in [4.69, 9.17) is 51.5 Å². The van der Waals surface area contributed by atoms with Crippen LogP contribution in [0.4, 0.5) is 0 Å². The van der Waals surface area contributed by atoms with Crippen molar-refractivity contribution in [1.29, 1.82) is 0 Å². The van der Waals surface area contributed by atoms with Gasteiger partial charge in [0.2, 0.25) is 0 Å². The molecule has 0 amide bonds. The largest absolute Gasteiger partial charge is 0.508 e. The lowest BCUT2D eigenvalue weighted by Crippen LogP contribution is -1.93. The third-order valence-electron chi connectivity index (χ3n) is 8.44. The van der Waals surface area contributed by atoms with Crippen molar-refractivity contribution >= 4 is 46.4 Å². The first-order chi connectivity index (χ1) is 26.0. The van der Waals surface area contributed by atoms with E-state index in [0.717, 1.165) is 40.7 Å². The maximum absolute atomic E-state index is 9.82. The van der Waals surface area contributed by atoms with Crippen LogP contribution in [0, 0.1) is 6.92 Å². The highest BCUT2D eigenvalue weighted by molar-refractivity contribution is 6.33. The summed E-state index contributed by atoms with van der Waals surface area (Å²) >= 11 is 23.4. The van der Waals surface area contributed by atoms with Crippen molar-refractivity contribution in [3.8, 4) is 23.0 Å². The molecule has 0 heterocycles. The summed E-state index contributed by atoms with van der Waals surface area (Å²) in [6.45, 7) is 4.15. The third kappa shape index (κ3) is 16.0. The maximum Gasteiger partial charge on any atom is 0.134 e. The van der Waals surface area contributed by atoms with Gasteiger partial charge in [0, 0.05) is 33.5 Å². The summed E-state index contributed by atoms with van der Waals surface area (Å²) in [7, 11) is 0. The molecule has 0 atom stereocenters. The van der Waals surface area contributed by atoms with Gasteiger partial charge in [0.25, 0.3) is 0 Å². The number of benzene rings is 6. The van der Waals surface area contributed by atoms with Crippen molar-refractivity contribution in [2.75, 3.05) is 0 Å². The standard InChI is InChI=1S/C14H13ClO.C13H11ClO.C13H19ClO.C6H5ClO/c1-10-12(14(16)8-7-13(10)15)9-11-5-3-2-4-6-11;14-12-6-7-13(15)11(9-12)8-10-4-2-1-3-5-10;1-2-3-4-5-6-8-11-9-7-10-12(15)13(11)14;7-5-1-3-6(8)4-2-5/h2-8,16H,9H2,1H3;1-7,9,15H,8H2;7,9-10,15H,2-6,8H2,1H3;1-4,8H. The molecular weight excluding hydrogens is 758 g/mol. The van der Waals surface area contributed by atoms with Crippen LogP contribution in [0.2, 0.25) is 20.1 Å². The van der Waals surface area contributed by atoms with Crippen LogP contribution < -0.4 is 0 Å². The Morgan fingerprint density at radius 1 is 0.481 bits per heavy atom. The molecule has 284 valence electrons. The molecule has 8 heteroatoms. The van der Waals surface area contributed by atoms with Gasteiger partial charge in [-0.1, -0.05) is 152 Å². The van der Waals surface area contributed by atoms with Crippen LogP contribution in [-0.4, -0.2) is 20.4 Å². The molecule has 4 nitrogen and oxygen atoms in total. The maximum atomic E-state index is 9.82. The first-order valence-corrected chi connectivity index (χ1v) is 19.4. The fourth-order valence-electron chi connectivity index (χ4n) is 5.37. The van der Waals surface area contributed by atoms with E-state index in [9.17, 15) is 15.3 Å². The monoisotopic (exact) mass is 804 g/mol. The SMILES string of the molecule is CCCCCCCc1cccc(O)c1Cl.Cc1c(Cl)ccc(O)c1Cc1ccccc1.Oc1ccc(Cl)cc1.Oc1ccc(Cl)cc1Cc1ccccc1. The molecule has 0 saturated heterocycles. The van der Waals surface area contributed by atoms with Gasteiger partial charge in [0.15, 0.2) is 0 Å². The van der Waals surface area contributed by atoms with Gasteiger partial charge in [-0.2, -0.15) is 0 Å². The van der Waals surface area contributed by atoms with E-state index in [-0.39, 0.29) is 11.5 Å². The molecule has 0 bridgehead atoms. The zero-order chi connectivity index (χ0) is 39.3. The summed E-state index contributed by atoms with van der Waals surface area (Å²) in [6, 6.07) is 40.3. The van der Waals surface area contributed by atoms with Crippen LogP contribution in [0.15, 0.2) is 133 Å². The van der Waals surface area contributed by atoms with Crippen LogP contribution in [0.3, 0.4) is 0 Å². The molecule has 0 aromatic heterocycles. The predicted molar refractivity (Wildman–Crippen MR) is 228 cm³/mol. The van der Waals surface area contributed by atoms with Crippen molar-refractivity contribution in [1.82, 2.24) is 0 Å². The van der Waals surface area contributed by atoms with Crippen LogP contribution in [0.25, 0.3) is 0 Å². The number of rotatable bonds is 10. The van der Waals surface area contributed by atoms with Gasteiger partial charge in [0.05, 0.1) is 5.02 Å². The van der Waals surface area contributed by atoms with Gasteiger partial charge >= 0.3 is 0 Å². The highest BCUT2D eigenvalue weighted by Crippen LogP contribution is 2.30. The van der Waals surface area contributed by atoms with Crippen LogP contribution in [0.5, 0.6) is 23.0 Å². The lowest BCUT2D eigenvalue weighted by Gasteiger charge is -2.10. The summed E-state index contributed by atoms with van der Waals surface area (Å²) in [6.07, 6.45) is 8.67. The number of phenolic OH excluding ortho intramolecular Hbond substituents is 4. The molecule has 4 N–H and O–H groups in total. The Bertz CT molecular complexity index is 1950. The smallest absolute Gasteiger partial charge is 0.134 e. The Labute approximate surface area is 340 Å². The van der Waals surface area contributed by atoms with Crippen molar-refractivity contribution in [3.63, 3.8) is 0 Å². The average Bonchev–Trinajstić information content (AvgIpc) is 3.18. The summed E-state index contributed by atoms with van der Waals surface area (Å²) in [4.78, 5) is 0. The predicted octanol–water partition coefficient (Wildman–Crippen LogP) is 14.2. The second kappa shape index (κ2) is 24.2. The number of hydrogen-bond donors (Lipinski definition) is 4. The normalized spacial score (nSPS) is 10.2. The van der Waals surface area contributed by atoms with Gasteiger partial charge in [-0.25, -0.2) is 0 Å². The molecule has 0 aliphatic heterocycles. The van der Waals surface area contributed by atoms with E-state index in [1.54, 1.807) is 60.7 Å². The number of hydrogen-bond acceptors (Lipinski definition) is 4. The molecule has 0 radical (unpaired) electrons. The summed E-state index contributed by atoms with van der Waals surface area (Å²) in [5.41, 5.74) is 6.10. The van der Waals surface area contributed by atoms with Crippen LogP contribution in [0.1, 0.15) is 72.4 Å².